The molecular weight excluding hydrogens is 346 g/mol. The van der Waals surface area contributed by atoms with Gasteiger partial charge in [0.05, 0.1) is 0 Å². The van der Waals surface area contributed by atoms with Crippen LogP contribution in [-0.2, 0) is 4.79 Å². The van der Waals surface area contributed by atoms with E-state index in [1.54, 1.807) is 17.8 Å². The fraction of sp³-hybridized carbons (Fsp3) is 0.600. The van der Waals surface area contributed by atoms with Gasteiger partial charge in [-0.3, -0.25) is 9.59 Å². The van der Waals surface area contributed by atoms with Crippen LogP contribution in [0.4, 0.5) is 0 Å². The molecule has 26 heavy (non-hydrogen) atoms. The van der Waals surface area contributed by atoms with E-state index in [1.165, 1.54) is 19.3 Å². The van der Waals surface area contributed by atoms with Gasteiger partial charge in [0, 0.05) is 18.7 Å². The van der Waals surface area contributed by atoms with Gasteiger partial charge < -0.3 is 15.5 Å². The maximum absolute atomic E-state index is 12.6. The zero-order valence-electron chi connectivity index (χ0n) is 15.9. The topological polar surface area (TPSA) is 61.4 Å². The van der Waals surface area contributed by atoms with Gasteiger partial charge in [-0.25, -0.2) is 0 Å². The van der Waals surface area contributed by atoms with Crippen LogP contribution in [0, 0.1) is 6.92 Å². The summed E-state index contributed by atoms with van der Waals surface area (Å²) in [6.45, 7) is 5.71. The Morgan fingerprint density at radius 1 is 1.23 bits per heavy atom. The highest BCUT2D eigenvalue weighted by molar-refractivity contribution is 7.98. The molecule has 2 rings (SSSR count). The summed E-state index contributed by atoms with van der Waals surface area (Å²) in [5.41, 5.74) is 1.63. The molecule has 1 heterocycles. The van der Waals surface area contributed by atoms with Crippen LogP contribution in [-0.4, -0.2) is 60.9 Å². The molecule has 1 aliphatic rings. The lowest BCUT2D eigenvalue weighted by atomic mass is 10.1. The summed E-state index contributed by atoms with van der Waals surface area (Å²) >= 11 is 1.68. The maximum atomic E-state index is 12.6. The van der Waals surface area contributed by atoms with Gasteiger partial charge in [-0.1, -0.05) is 24.1 Å². The largest absolute Gasteiger partial charge is 0.353 e. The molecule has 1 unspecified atom stereocenters. The Hall–Kier alpha value is -1.53. The monoisotopic (exact) mass is 377 g/mol. The number of hydrogen-bond donors (Lipinski definition) is 2. The Bertz CT molecular complexity index is 588. The lowest BCUT2D eigenvalue weighted by molar-refractivity contribution is -0.123. The van der Waals surface area contributed by atoms with Crippen molar-refractivity contribution in [1.29, 1.82) is 0 Å². The predicted octanol–water partition coefficient (Wildman–Crippen LogP) is 2.45. The number of rotatable bonds is 9. The molecule has 2 amide bonds. The van der Waals surface area contributed by atoms with Crippen LogP contribution in [0.5, 0.6) is 0 Å². The van der Waals surface area contributed by atoms with E-state index in [1.807, 2.05) is 31.4 Å². The van der Waals surface area contributed by atoms with Gasteiger partial charge in [-0.2, -0.15) is 11.8 Å². The average molecular weight is 378 g/mol. The van der Waals surface area contributed by atoms with Gasteiger partial charge in [-0.05, 0) is 63.4 Å². The Morgan fingerprint density at radius 3 is 2.69 bits per heavy atom. The van der Waals surface area contributed by atoms with Crippen LogP contribution < -0.4 is 10.6 Å². The number of amides is 2. The minimum atomic E-state index is -0.489. The highest BCUT2D eigenvalue weighted by Gasteiger charge is 2.21. The highest BCUT2D eigenvalue weighted by Crippen LogP contribution is 2.08. The Morgan fingerprint density at radius 2 is 2.00 bits per heavy atom. The van der Waals surface area contributed by atoms with E-state index in [4.69, 9.17) is 0 Å². The SMILES string of the molecule is CSCCC(NC(=O)c1cccc(C)c1)C(=O)NCCN1CCCCC1. The molecular formula is C20H31N3O2S. The predicted molar refractivity (Wildman–Crippen MR) is 109 cm³/mol. The molecule has 2 N–H and O–H groups in total. The van der Waals surface area contributed by atoms with Gasteiger partial charge >= 0.3 is 0 Å². The molecule has 144 valence electrons. The van der Waals surface area contributed by atoms with Crippen LogP contribution in [0.1, 0.15) is 41.6 Å². The van der Waals surface area contributed by atoms with E-state index in [0.29, 0.717) is 18.5 Å². The van der Waals surface area contributed by atoms with Crippen molar-refractivity contribution in [3.63, 3.8) is 0 Å². The highest BCUT2D eigenvalue weighted by atomic mass is 32.2. The van der Waals surface area contributed by atoms with E-state index in [0.717, 1.165) is 31.0 Å². The number of likely N-dealkylation sites (tertiary alicyclic amines) is 1. The number of nitrogens with zero attached hydrogens (tertiary/aromatic N) is 1. The molecule has 1 fully saturated rings. The van der Waals surface area contributed by atoms with E-state index in [-0.39, 0.29) is 11.8 Å². The number of nitrogens with one attached hydrogen (secondary N) is 2. The van der Waals surface area contributed by atoms with Crippen molar-refractivity contribution in [1.82, 2.24) is 15.5 Å². The van der Waals surface area contributed by atoms with Gasteiger partial charge in [0.15, 0.2) is 0 Å². The van der Waals surface area contributed by atoms with Crippen molar-refractivity contribution < 1.29 is 9.59 Å². The second-order valence-corrected chi connectivity index (χ2v) is 7.86. The van der Waals surface area contributed by atoms with Crippen LogP contribution in [0.2, 0.25) is 0 Å². The first-order valence-electron chi connectivity index (χ1n) is 9.46. The standard InChI is InChI=1S/C20H31N3O2S/c1-16-7-6-8-17(15-16)19(24)22-18(9-14-26-2)20(25)21-10-13-23-11-4-3-5-12-23/h6-8,15,18H,3-5,9-14H2,1-2H3,(H,21,25)(H,22,24). The van der Waals surface area contributed by atoms with Crippen LogP contribution >= 0.6 is 11.8 Å². The lowest BCUT2D eigenvalue weighted by Crippen LogP contribution is -2.48. The first kappa shape index (κ1) is 20.8. The fourth-order valence-electron chi connectivity index (χ4n) is 3.18. The van der Waals surface area contributed by atoms with Gasteiger partial charge in [0.1, 0.15) is 6.04 Å². The maximum Gasteiger partial charge on any atom is 0.251 e. The number of piperidine rings is 1. The zero-order valence-corrected chi connectivity index (χ0v) is 16.7. The molecule has 0 radical (unpaired) electrons. The molecule has 1 saturated heterocycles. The Kier molecular flexibility index (Phi) is 8.98. The molecule has 0 saturated carbocycles. The van der Waals surface area contributed by atoms with Crippen molar-refractivity contribution in [2.45, 2.75) is 38.6 Å². The molecule has 6 heteroatoms. The quantitative estimate of drug-likeness (QED) is 0.694. The third-order valence-electron chi connectivity index (χ3n) is 4.69. The molecule has 1 aromatic carbocycles. The summed E-state index contributed by atoms with van der Waals surface area (Å²) < 4.78 is 0. The number of hydrogen-bond acceptors (Lipinski definition) is 4. The molecule has 0 bridgehead atoms. The minimum Gasteiger partial charge on any atom is -0.353 e. The number of benzene rings is 1. The number of thioether (sulfide) groups is 1. The molecule has 0 aliphatic carbocycles. The van der Waals surface area contributed by atoms with E-state index >= 15 is 0 Å². The molecule has 1 aromatic rings. The molecule has 1 atom stereocenters. The van der Waals surface area contributed by atoms with Gasteiger partial charge in [0.25, 0.3) is 5.91 Å². The summed E-state index contributed by atoms with van der Waals surface area (Å²) in [6, 6.07) is 6.95. The molecule has 5 nitrogen and oxygen atoms in total. The zero-order chi connectivity index (χ0) is 18.8. The second kappa shape index (κ2) is 11.2. The third kappa shape index (κ3) is 7.00. The van der Waals surface area contributed by atoms with Crippen LogP contribution in [0.15, 0.2) is 24.3 Å². The van der Waals surface area contributed by atoms with Crippen molar-refractivity contribution in [3.8, 4) is 0 Å². The van der Waals surface area contributed by atoms with Crippen molar-refractivity contribution in [3.05, 3.63) is 35.4 Å². The normalized spacial score (nSPS) is 16.1. The average Bonchev–Trinajstić information content (AvgIpc) is 2.65. The van der Waals surface area contributed by atoms with Gasteiger partial charge in [0.2, 0.25) is 5.91 Å². The van der Waals surface area contributed by atoms with Crippen molar-refractivity contribution in [2.75, 3.05) is 38.2 Å². The van der Waals surface area contributed by atoms with Gasteiger partial charge in [-0.15, -0.1) is 0 Å². The Balaban J connectivity index is 1.85. The molecule has 1 aliphatic heterocycles. The Labute approximate surface area is 161 Å². The molecule has 0 spiro atoms. The first-order valence-corrected chi connectivity index (χ1v) is 10.9. The lowest BCUT2D eigenvalue weighted by Gasteiger charge is -2.26. The number of carbonyl (C=O) groups excluding carboxylic acids is 2. The van der Waals surface area contributed by atoms with Crippen LogP contribution in [0.25, 0.3) is 0 Å². The van der Waals surface area contributed by atoms with Crippen LogP contribution in [0.3, 0.4) is 0 Å². The van der Waals surface area contributed by atoms with E-state index in [2.05, 4.69) is 15.5 Å². The number of carbonyl (C=O) groups is 2. The smallest absolute Gasteiger partial charge is 0.251 e. The summed E-state index contributed by atoms with van der Waals surface area (Å²) in [7, 11) is 0. The van der Waals surface area contributed by atoms with E-state index in [9.17, 15) is 9.59 Å². The molecule has 0 aromatic heterocycles. The van der Waals surface area contributed by atoms with E-state index < -0.39 is 6.04 Å². The first-order chi connectivity index (χ1) is 12.6. The second-order valence-electron chi connectivity index (χ2n) is 6.87. The summed E-state index contributed by atoms with van der Waals surface area (Å²) in [4.78, 5) is 27.5. The third-order valence-corrected chi connectivity index (χ3v) is 5.33. The van der Waals surface area contributed by atoms with Crippen molar-refractivity contribution >= 4 is 23.6 Å². The fourth-order valence-corrected chi connectivity index (χ4v) is 3.65. The minimum absolute atomic E-state index is 0.0861. The summed E-state index contributed by atoms with van der Waals surface area (Å²) in [5.74, 6) is 0.557. The summed E-state index contributed by atoms with van der Waals surface area (Å²) in [5, 5.41) is 5.91. The summed E-state index contributed by atoms with van der Waals surface area (Å²) in [6.07, 6.45) is 6.44. The number of aryl methyl sites for hydroxylation is 1. The van der Waals surface area contributed by atoms with Crippen molar-refractivity contribution in [2.24, 2.45) is 0 Å².